The maximum Gasteiger partial charge on any atom is 0.407 e. The van der Waals surface area contributed by atoms with Gasteiger partial charge in [0, 0.05) is 22.9 Å². The van der Waals surface area contributed by atoms with Gasteiger partial charge in [-0.15, -0.1) is 0 Å². The van der Waals surface area contributed by atoms with Crippen LogP contribution in [0.25, 0.3) is 0 Å². The molecule has 0 aliphatic carbocycles. The van der Waals surface area contributed by atoms with E-state index in [9.17, 15) is 19.5 Å². The standard InChI is InChI=1S/C25H38ClN3O5/c1-16(2)11-20(22(32)29-25(5,14-30)13-17-9-10-27-21(17)31)28-23(33)34-15-24(3,4)18-7-6-8-19(26)12-18/h6-8,12,16-17,20,30H,9-11,13-15H2,1-5H3,(H,27,31)(H,28,33)(H,29,32)/t17?,20-,25?/m0/s1. The van der Waals surface area contributed by atoms with Crippen LogP contribution in [0.3, 0.4) is 0 Å². The number of rotatable bonds is 11. The van der Waals surface area contributed by atoms with Crippen molar-refractivity contribution in [3.8, 4) is 0 Å². The Morgan fingerprint density at radius 3 is 2.56 bits per heavy atom. The molecule has 190 valence electrons. The van der Waals surface area contributed by atoms with Crippen LogP contribution in [0.5, 0.6) is 0 Å². The molecule has 34 heavy (non-hydrogen) atoms. The van der Waals surface area contributed by atoms with Gasteiger partial charge in [0.2, 0.25) is 11.8 Å². The number of carbonyl (C=O) groups excluding carboxylic acids is 3. The van der Waals surface area contributed by atoms with E-state index in [1.807, 2.05) is 45.9 Å². The summed E-state index contributed by atoms with van der Waals surface area (Å²) in [6.07, 6.45) is 0.668. The Hall–Kier alpha value is -2.32. The fraction of sp³-hybridized carbons (Fsp3) is 0.640. The minimum absolute atomic E-state index is 0.0725. The highest BCUT2D eigenvalue weighted by Gasteiger charge is 2.36. The summed E-state index contributed by atoms with van der Waals surface area (Å²) < 4.78 is 5.47. The molecule has 1 aromatic rings. The summed E-state index contributed by atoms with van der Waals surface area (Å²) in [4.78, 5) is 37.7. The monoisotopic (exact) mass is 495 g/mol. The molecule has 4 N–H and O–H groups in total. The van der Waals surface area contributed by atoms with Gasteiger partial charge in [0.1, 0.15) is 12.6 Å². The van der Waals surface area contributed by atoms with Crippen LogP contribution in [0.4, 0.5) is 4.79 Å². The van der Waals surface area contributed by atoms with Gasteiger partial charge in [0.05, 0.1) is 12.1 Å². The van der Waals surface area contributed by atoms with Crippen LogP contribution in [0.1, 0.15) is 59.4 Å². The number of aliphatic hydroxyl groups excluding tert-OH is 1. The molecule has 0 radical (unpaired) electrons. The number of hydrogen-bond donors (Lipinski definition) is 4. The quantitative estimate of drug-likeness (QED) is 0.376. The molecule has 1 aromatic carbocycles. The maximum atomic E-state index is 13.1. The molecular weight excluding hydrogens is 458 g/mol. The van der Waals surface area contributed by atoms with E-state index in [-0.39, 0.29) is 31.0 Å². The van der Waals surface area contributed by atoms with Crippen LogP contribution in [0.15, 0.2) is 24.3 Å². The number of amides is 3. The third-order valence-corrected chi connectivity index (χ3v) is 6.35. The zero-order valence-corrected chi connectivity index (χ0v) is 21.5. The molecule has 1 aliphatic rings. The van der Waals surface area contributed by atoms with Crippen LogP contribution < -0.4 is 16.0 Å². The summed E-state index contributed by atoms with van der Waals surface area (Å²) >= 11 is 6.09. The van der Waals surface area contributed by atoms with E-state index in [4.69, 9.17) is 16.3 Å². The molecule has 1 aliphatic heterocycles. The van der Waals surface area contributed by atoms with Gasteiger partial charge < -0.3 is 25.8 Å². The van der Waals surface area contributed by atoms with E-state index in [1.165, 1.54) is 0 Å². The summed E-state index contributed by atoms with van der Waals surface area (Å²) in [6.45, 7) is 9.84. The fourth-order valence-corrected chi connectivity index (χ4v) is 4.24. The van der Waals surface area contributed by atoms with Gasteiger partial charge >= 0.3 is 6.09 Å². The molecule has 3 atom stereocenters. The van der Waals surface area contributed by atoms with E-state index < -0.39 is 29.0 Å². The van der Waals surface area contributed by atoms with Crippen molar-refractivity contribution < 1.29 is 24.2 Å². The van der Waals surface area contributed by atoms with E-state index in [0.29, 0.717) is 30.8 Å². The SMILES string of the molecule is CC(C)C[C@H](NC(=O)OCC(C)(C)c1cccc(Cl)c1)C(=O)NC(C)(CO)CC1CCNC1=O. The van der Waals surface area contributed by atoms with Crippen molar-refractivity contribution in [2.45, 2.75) is 70.9 Å². The molecule has 0 spiro atoms. The minimum atomic E-state index is -0.987. The molecule has 0 bridgehead atoms. The smallest absolute Gasteiger partial charge is 0.407 e. The molecule has 2 rings (SSSR count). The topological polar surface area (TPSA) is 117 Å². The van der Waals surface area contributed by atoms with Gasteiger partial charge in [-0.3, -0.25) is 9.59 Å². The van der Waals surface area contributed by atoms with Crippen molar-refractivity contribution in [3.05, 3.63) is 34.9 Å². The van der Waals surface area contributed by atoms with Crippen molar-refractivity contribution in [1.82, 2.24) is 16.0 Å². The van der Waals surface area contributed by atoms with Crippen LogP contribution in [0.2, 0.25) is 5.02 Å². The average molecular weight is 496 g/mol. The lowest BCUT2D eigenvalue weighted by atomic mass is 9.86. The fourth-order valence-electron chi connectivity index (χ4n) is 4.05. The third kappa shape index (κ3) is 8.17. The van der Waals surface area contributed by atoms with Crippen molar-refractivity contribution in [2.75, 3.05) is 19.8 Å². The first-order chi connectivity index (χ1) is 15.8. The van der Waals surface area contributed by atoms with Gasteiger partial charge in [0.15, 0.2) is 0 Å². The van der Waals surface area contributed by atoms with Crippen LogP contribution in [-0.2, 0) is 19.7 Å². The van der Waals surface area contributed by atoms with Gasteiger partial charge in [-0.2, -0.15) is 0 Å². The molecule has 1 saturated heterocycles. The Bertz CT molecular complexity index is 876. The lowest BCUT2D eigenvalue weighted by Gasteiger charge is -2.33. The summed E-state index contributed by atoms with van der Waals surface area (Å²) in [5.41, 5.74) is -0.535. The van der Waals surface area contributed by atoms with Crippen molar-refractivity contribution in [1.29, 1.82) is 0 Å². The number of benzene rings is 1. The number of alkyl carbamates (subject to hydrolysis) is 1. The predicted octanol–water partition coefficient (Wildman–Crippen LogP) is 3.15. The molecule has 1 heterocycles. The summed E-state index contributed by atoms with van der Waals surface area (Å²) in [7, 11) is 0. The average Bonchev–Trinajstić information content (AvgIpc) is 3.15. The van der Waals surface area contributed by atoms with E-state index in [2.05, 4.69) is 16.0 Å². The zero-order chi connectivity index (χ0) is 25.5. The highest BCUT2D eigenvalue weighted by Crippen LogP contribution is 2.26. The normalized spacial score (nSPS) is 18.7. The molecule has 0 saturated carbocycles. The van der Waals surface area contributed by atoms with E-state index in [0.717, 1.165) is 5.56 Å². The second-order valence-corrected chi connectivity index (χ2v) is 10.9. The molecule has 1 fully saturated rings. The molecule has 8 nitrogen and oxygen atoms in total. The molecule has 3 amide bonds. The Labute approximate surface area is 207 Å². The highest BCUT2D eigenvalue weighted by atomic mass is 35.5. The predicted molar refractivity (Wildman–Crippen MR) is 132 cm³/mol. The molecule has 9 heteroatoms. The lowest BCUT2D eigenvalue weighted by Crippen LogP contribution is -2.57. The van der Waals surface area contributed by atoms with Gasteiger partial charge in [-0.05, 0) is 49.8 Å². The molecule has 2 unspecified atom stereocenters. The van der Waals surface area contributed by atoms with E-state index >= 15 is 0 Å². The number of halogens is 1. The molecule has 0 aromatic heterocycles. The van der Waals surface area contributed by atoms with Gasteiger partial charge in [0.25, 0.3) is 0 Å². The van der Waals surface area contributed by atoms with Crippen molar-refractivity contribution >= 4 is 29.5 Å². The zero-order valence-electron chi connectivity index (χ0n) is 20.7. The Morgan fingerprint density at radius 2 is 2.00 bits per heavy atom. The first kappa shape index (κ1) is 27.9. The second kappa shape index (κ2) is 11.9. The Morgan fingerprint density at radius 1 is 1.29 bits per heavy atom. The van der Waals surface area contributed by atoms with E-state index in [1.54, 1.807) is 13.0 Å². The van der Waals surface area contributed by atoms with Crippen LogP contribution >= 0.6 is 11.6 Å². The summed E-state index contributed by atoms with van der Waals surface area (Å²) in [5, 5.41) is 18.9. The molecular formula is C25H38ClN3O5. The Kier molecular flexibility index (Phi) is 9.76. The maximum absolute atomic E-state index is 13.1. The van der Waals surface area contributed by atoms with Gasteiger partial charge in [-0.25, -0.2) is 4.79 Å². The first-order valence-corrected chi connectivity index (χ1v) is 12.1. The van der Waals surface area contributed by atoms with Crippen molar-refractivity contribution in [3.63, 3.8) is 0 Å². The second-order valence-electron chi connectivity index (χ2n) is 10.5. The lowest BCUT2D eigenvalue weighted by molar-refractivity contribution is -0.128. The summed E-state index contributed by atoms with van der Waals surface area (Å²) in [6, 6.07) is 6.53. The van der Waals surface area contributed by atoms with Crippen LogP contribution in [0, 0.1) is 11.8 Å². The Balaban J connectivity index is 2.01. The van der Waals surface area contributed by atoms with Gasteiger partial charge in [-0.1, -0.05) is 51.4 Å². The third-order valence-electron chi connectivity index (χ3n) is 6.12. The first-order valence-electron chi connectivity index (χ1n) is 11.7. The summed E-state index contributed by atoms with van der Waals surface area (Å²) in [5.74, 6) is -0.640. The number of nitrogens with one attached hydrogen (secondary N) is 3. The number of carbonyl (C=O) groups is 3. The highest BCUT2D eigenvalue weighted by molar-refractivity contribution is 6.30. The minimum Gasteiger partial charge on any atom is -0.449 e. The van der Waals surface area contributed by atoms with Crippen LogP contribution in [-0.4, -0.2) is 54.4 Å². The number of aliphatic hydroxyl groups is 1. The largest absolute Gasteiger partial charge is 0.449 e. The van der Waals surface area contributed by atoms with Crippen molar-refractivity contribution in [2.24, 2.45) is 11.8 Å². The number of hydrogen-bond acceptors (Lipinski definition) is 5. The number of ether oxygens (including phenoxy) is 1.